The first-order valence-electron chi connectivity index (χ1n) is 7.85. The SMILES string of the molecule is O=C(CCCC1CCCC1)NCC(O)c1ccc(F)cc1. The minimum atomic E-state index is -0.788. The fourth-order valence-corrected chi connectivity index (χ4v) is 2.95. The third-order valence-corrected chi connectivity index (χ3v) is 4.24. The molecule has 0 bridgehead atoms. The largest absolute Gasteiger partial charge is 0.387 e. The highest BCUT2D eigenvalue weighted by molar-refractivity contribution is 5.75. The topological polar surface area (TPSA) is 49.3 Å². The van der Waals surface area contributed by atoms with E-state index in [0.29, 0.717) is 12.0 Å². The van der Waals surface area contributed by atoms with Crippen molar-refractivity contribution in [2.24, 2.45) is 5.92 Å². The Kier molecular flexibility index (Phi) is 6.18. The molecule has 1 aromatic carbocycles. The van der Waals surface area contributed by atoms with E-state index in [4.69, 9.17) is 0 Å². The fourth-order valence-electron chi connectivity index (χ4n) is 2.95. The van der Waals surface area contributed by atoms with E-state index in [1.807, 2.05) is 0 Å². The number of aliphatic hydroxyl groups is 1. The molecule has 1 amide bonds. The minimum absolute atomic E-state index is 0.0193. The van der Waals surface area contributed by atoms with E-state index < -0.39 is 6.10 Å². The molecule has 116 valence electrons. The molecule has 2 rings (SSSR count). The van der Waals surface area contributed by atoms with E-state index in [0.717, 1.165) is 18.8 Å². The van der Waals surface area contributed by atoms with Crippen molar-refractivity contribution in [2.45, 2.75) is 51.0 Å². The number of hydrogen-bond acceptors (Lipinski definition) is 2. The van der Waals surface area contributed by atoms with Crippen molar-refractivity contribution in [2.75, 3.05) is 6.54 Å². The van der Waals surface area contributed by atoms with Gasteiger partial charge in [-0.05, 0) is 36.5 Å². The van der Waals surface area contributed by atoms with Gasteiger partial charge in [0.25, 0.3) is 0 Å². The molecule has 0 aliphatic heterocycles. The quantitative estimate of drug-likeness (QED) is 0.810. The van der Waals surface area contributed by atoms with Crippen molar-refractivity contribution >= 4 is 5.91 Å². The number of amides is 1. The van der Waals surface area contributed by atoms with E-state index in [9.17, 15) is 14.3 Å². The highest BCUT2D eigenvalue weighted by Crippen LogP contribution is 2.28. The van der Waals surface area contributed by atoms with E-state index in [2.05, 4.69) is 5.32 Å². The molecule has 4 heteroatoms. The van der Waals surface area contributed by atoms with Crippen LogP contribution in [0.4, 0.5) is 4.39 Å². The second-order valence-electron chi connectivity index (χ2n) is 5.91. The normalized spacial score (nSPS) is 16.9. The van der Waals surface area contributed by atoms with Crippen LogP contribution in [0.5, 0.6) is 0 Å². The summed E-state index contributed by atoms with van der Waals surface area (Å²) >= 11 is 0. The van der Waals surface area contributed by atoms with Crippen LogP contribution in [0, 0.1) is 11.7 Å². The molecular formula is C17H24FNO2. The molecule has 0 radical (unpaired) electrons. The van der Waals surface area contributed by atoms with Crippen LogP contribution in [0.15, 0.2) is 24.3 Å². The highest BCUT2D eigenvalue weighted by atomic mass is 19.1. The van der Waals surface area contributed by atoms with E-state index >= 15 is 0 Å². The summed E-state index contributed by atoms with van der Waals surface area (Å²) in [5.74, 6) is 0.457. The lowest BCUT2D eigenvalue weighted by Crippen LogP contribution is -2.28. The van der Waals surface area contributed by atoms with Crippen LogP contribution in [-0.4, -0.2) is 17.6 Å². The van der Waals surface area contributed by atoms with Crippen molar-refractivity contribution in [1.29, 1.82) is 0 Å². The van der Waals surface area contributed by atoms with Gasteiger partial charge in [-0.3, -0.25) is 4.79 Å². The molecule has 1 aliphatic rings. The zero-order chi connectivity index (χ0) is 15.1. The molecule has 2 N–H and O–H groups in total. The maximum atomic E-state index is 12.8. The fraction of sp³-hybridized carbons (Fsp3) is 0.588. The molecule has 0 heterocycles. The Hall–Kier alpha value is -1.42. The predicted octanol–water partition coefficient (Wildman–Crippen LogP) is 3.34. The molecule has 0 saturated heterocycles. The Morgan fingerprint density at radius 1 is 1.29 bits per heavy atom. The highest BCUT2D eigenvalue weighted by Gasteiger charge is 2.15. The summed E-state index contributed by atoms with van der Waals surface area (Å²) < 4.78 is 12.8. The number of benzene rings is 1. The van der Waals surface area contributed by atoms with Gasteiger partial charge in [0.05, 0.1) is 6.10 Å². The first kappa shape index (κ1) is 16.0. The van der Waals surface area contributed by atoms with Crippen LogP contribution in [0.3, 0.4) is 0 Å². The average molecular weight is 293 g/mol. The molecule has 1 aliphatic carbocycles. The van der Waals surface area contributed by atoms with Crippen LogP contribution in [0.25, 0.3) is 0 Å². The molecule has 1 unspecified atom stereocenters. The van der Waals surface area contributed by atoms with Gasteiger partial charge >= 0.3 is 0 Å². The summed E-state index contributed by atoms with van der Waals surface area (Å²) in [7, 11) is 0. The number of aliphatic hydroxyl groups excluding tert-OH is 1. The Morgan fingerprint density at radius 2 is 1.95 bits per heavy atom. The smallest absolute Gasteiger partial charge is 0.220 e. The lowest BCUT2D eigenvalue weighted by atomic mass is 10.0. The van der Waals surface area contributed by atoms with E-state index in [1.54, 1.807) is 0 Å². The molecule has 1 atom stereocenters. The van der Waals surface area contributed by atoms with Gasteiger partial charge < -0.3 is 10.4 Å². The molecule has 3 nitrogen and oxygen atoms in total. The number of hydrogen-bond donors (Lipinski definition) is 2. The van der Waals surface area contributed by atoms with Crippen molar-refractivity contribution in [3.63, 3.8) is 0 Å². The lowest BCUT2D eigenvalue weighted by Gasteiger charge is -2.13. The number of halogens is 1. The predicted molar refractivity (Wildman–Crippen MR) is 80.2 cm³/mol. The number of carbonyl (C=O) groups excluding carboxylic acids is 1. The van der Waals surface area contributed by atoms with Crippen molar-refractivity contribution in [3.05, 3.63) is 35.6 Å². The summed E-state index contributed by atoms with van der Waals surface area (Å²) in [5.41, 5.74) is 0.614. The second-order valence-corrected chi connectivity index (χ2v) is 5.91. The van der Waals surface area contributed by atoms with Crippen LogP contribution in [-0.2, 0) is 4.79 Å². The van der Waals surface area contributed by atoms with Crippen LogP contribution >= 0.6 is 0 Å². The number of rotatable bonds is 7. The van der Waals surface area contributed by atoms with Gasteiger partial charge in [0, 0.05) is 13.0 Å². The zero-order valence-electron chi connectivity index (χ0n) is 12.4. The first-order valence-corrected chi connectivity index (χ1v) is 7.85. The molecule has 0 aromatic heterocycles. The Labute approximate surface area is 125 Å². The van der Waals surface area contributed by atoms with Gasteiger partial charge in [-0.1, -0.05) is 37.8 Å². The van der Waals surface area contributed by atoms with Crippen molar-refractivity contribution in [3.8, 4) is 0 Å². The molecule has 1 aromatic rings. The standard InChI is InChI=1S/C17H24FNO2/c18-15-10-8-14(9-11-15)16(20)12-19-17(21)7-3-6-13-4-1-2-5-13/h8-11,13,16,20H,1-7,12H2,(H,19,21). The van der Waals surface area contributed by atoms with Crippen molar-refractivity contribution in [1.82, 2.24) is 5.32 Å². The summed E-state index contributed by atoms with van der Waals surface area (Å²) in [4.78, 5) is 11.7. The maximum absolute atomic E-state index is 12.8. The molecule has 21 heavy (non-hydrogen) atoms. The minimum Gasteiger partial charge on any atom is -0.387 e. The first-order chi connectivity index (χ1) is 10.1. The van der Waals surface area contributed by atoms with Gasteiger partial charge in [0.1, 0.15) is 5.82 Å². The van der Waals surface area contributed by atoms with Gasteiger partial charge in [0.15, 0.2) is 0 Å². The van der Waals surface area contributed by atoms with Crippen LogP contribution in [0.1, 0.15) is 56.6 Å². The molecule has 1 fully saturated rings. The molecular weight excluding hydrogens is 269 g/mol. The average Bonchev–Trinajstić information content (AvgIpc) is 2.99. The van der Waals surface area contributed by atoms with E-state index in [-0.39, 0.29) is 18.3 Å². The third-order valence-electron chi connectivity index (χ3n) is 4.24. The molecule has 1 saturated carbocycles. The second kappa shape index (κ2) is 8.13. The van der Waals surface area contributed by atoms with Gasteiger partial charge in [0.2, 0.25) is 5.91 Å². The van der Waals surface area contributed by atoms with Gasteiger partial charge in [-0.15, -0.1) is 0 Å². The maximum Gasteiger partial charge on any atom is 0.220 e. The van der Waals surface area contributed by atoms with Crippen LogP contribution < -0.4 is 5.32 Å². The third kappa shape index (κ3) is 5.46. The van der Waals surface area contributed by atoms with Crippen molar-refractivity contribution < 1.29 is 14.3 Å². The summed E-state index contributed by atoms with van der Waals surface area (Å²) in [6.07, 6.45) is 7.07. The number of carbonyl (C=O) groups is 1. The van der Waals surface area contributed by atoms with Gasteiger partial charge in [-0.25, -0.2) is 4.39 Å². The molecule has 0 spiro atoms. The summed E-state index contributed by atoms with van der Waals surface area (Å²) in [6, 6.07) is 5.68. The van der Waals surface area contributed by atoms with E-state index in [1.165, 1.54) is 49.9 Å². The lowest BCUT2D eigenvalue weighted by molar-refractivity contribution is -0.121. The van der Waals surface area contributed by atoms with Crippen LogP contribution in [0.2, 0.25) is 0 Å². The Morgan fingerprint density at radius 3 is 2.62 bits per heavy atom. The summed E-state index contributed by atoms with van der Waals surface area (Å²) in [5, 5.41) is 12.7. The Bertz CT molecular complexity index is 441. The van der Waals surface area contributed by atoms with Gasteiger partial charge in [-0.2, -0.15) is 0 Å². The zero-order valence-corrected chi connectivity index (χ0v) is 12.4. The Balaban J connectivity index is 1.62. The number of nitrogens with one attached hydrogen (secondary N) is 1. The summed E-state index contributed by atoms with van der Waals surface area (Å²) in [6.45, 7) is 0.174. The monoisotopic (exact) mass is 293 g/mol.